The number of ether oxygens (including phenoxy) is 1. The van der Waals surface area contributed by atoms with Crippen molar-refractivity contribution in [2.24, 2.45) is 11.8 Å². The van der Waals surface area contributed by atoms with Gasteiger partial charge in [0.05, 0.1) is 28.6 Å². The van der Waals surface area contributed by atoms with Gasteiger partial charge in [-0.3, -0.25) is 29.3 Å². The van der Waals surface area contributed by atoms with Crippen LogP contribution in [0.2, 0.25) is 0 Å². The van der Waals surface area contributed by atoms with Gasteiger partial charge in [-0.25, -0.2) is 9.29 Å². The second kappa shape index (κ2) is 7.46. The Morgan fingerprint density at radius 2 is 1.42 bits per heavy atom. The van der Waals surface area contributed by atoms with E-state index in [1.165, 1.54) is 42.5 Å². The smallest absolute Gasteiger partial charge is 0.269 e. The molecule has 0 bridgehead atoms. The molecule has 2 fully saturated rings. The lowest BCUT2D eigenvalue weighted by atomic mass is 9.77. The monoisotopic (exact) mass is 486 g/mol. The summed E-state index contributed by atoms with van der Waals surface area (Å²) in [6.07, 6.45) is -1.39. The molecular weight excluding hydrogens is 471 g/mol. The molecule has 0 N–H and O–H groups in total. The van der Waals surface area contributed by atoms with Crippen LogP contribution in [-0.4, -0.2) is 33.9 Å². The number of fused-ring (bicyclic) bond motifs is 3. The third kappa shape index (κ3) is 2.67. The first-order chi connectivity index (χ1) is 17.3. The van der Waals surface area contributed by atoms with Crippen molar-refractivity contribution in [1.29, 1.82) is 0 Å². The quantitative estimate of drug-likeness (QED) is 0.240. The first kappa shape index (κ1) is 21.9. The maximum atomic E-state index is 14.9. The van der Waals surface area contributed by atoms with Crippen LogP contribution in [0.25, 0.3) is 0 Å². The van der Waals surface area contributed by atoms with Gasteiger partial charge in [-0.1, -0.05) is 42.5 Å². The third-order valence-electron chi connectivity index (χ3n) is 7.05. The molecule has 0 saturated carbocycles. The second-order valence-electron chi connectivity index (χ2n) is 8.79. The van der Waals surface area contributed by atoms with E-state index in [0.29, 0.717) is 0 Å². The highest BCUT2D eigenvalue weighted by Gasteiger charge is 2.75. The maximum absolute atomic E-state index is 14.9. The number of hydrogen-bond acceptors (Lipinski definition) is 7. The van der Waals surface area contributed by atoms with E-state index in [1.807, 2.05) is 0 Å². The number of nitro benzene ring substituents is 1. The van der Waals surface area contributed by atoms with Crippen molar-refractivity contribution >= 4 is 34.8 Å². The van der Waals surface area contributed by atoms with Gasteiger partial charge in [0.15, 0.2) is 0 Å². The zero-order valence-electron chi connectivity index (χ0n) is 18.3. The van der Waals surface area contributed by atoms with Crippen LogP contribution < -0.4 is 4.90 Å². The van der Waals surface area contributed by atoms with Crippen LogP contribution in [-0.2, 0) is 14.3 Å². The van der Waals surface area contributed by atoms with E-state index >= 15 is 0 Å². The molecular formula is C26H15FN2O7. The second-order valence-corrected chi connectivity index (χ2v) is 8.79. The van der Waals surface area contributed by atoms with Crippen LogP contribution in [0, 0.1) is 27.8 Å². The summed E-state index contributed by atoms with van der Waals surface area (Å²) >= 11 is 0. The van der Waals surface area contributed by atoms with Gasteiger partial charge in [-0.2, -0.15) is 0 Å². The fraction of sp³-hybridized carbons (Fsp3) is 0.154. The Hall–Kier alpha value is -4.57. The Balaban J connectivity index is 1.53. The Labute approximate surface area is 202 Å². The van der Waals surface area contributed by atoms with Crippen molar-refractivity contribution in [3.05, 3.63) is 105 Å². The van der Waals surface area contributed by atoms with Crippen LogP contribution in [0.5, 0.6) is 0 Å². The molecule has 2 amide bonds. The molecule has 3 aromatic rings. The number of hydrogen-bond donors (Lipinski definition) is 0. The van der Waals surface area contributed by atoms with Crippen LogP contribution in [0.4, 0.5) is 15.8 Å². The van der Waals surface area contributed by atoms with Crippen LogP contribution in [0.15, 0.2) is 72.8 Å². The molecule has 0 aromatic heterocycles. The summed E-state index contributed by atoms with van der Waals surface area (Å²) < 4.78 is 20.9. The highest BCUT2D eigenvalue weighted by atomic mass is 19.1. The summed E-state index contributed by atoms with van der Waals surface area (Å²) in [6, 6.07) is 16.2. The first-order valence-electron chi connectivity index (χ1n) is 11.0. The number of Topliss-reactive ketones (excluding diaryl/α,β-unsaturated/α-hetero) is 2. The molecule has 2 aliphatic heterocycles. The van der Waals surface area contributed by atoms with Gasteiger partial charge >= 0.3 is 0 Å². The molecule has 3 aromatic carbocycles. The van der Waals surface area contributed by atoms with Crippen LogP contribution >= 0.6 is 0 Å². The highest BCUT2D eigenvalue weighted by molar-refractivity contribution is 6.37. The van der Waals surface area contributed by atoms with Crippen molar-refractivity contribution in [2.45, 2.75) is 11.7 Å². The fourth-order valence-electron chi connectivity index (χ4n) is 5.48. The van der Waals surface area contributed by atoms with Crippen LogP contribution in [0.1, 0.15) is 32.4 Å². The van der Waals surface area contributed by atoms with Crippen LogP contribution in [0.3, 0.4) is 0 Å². The van der Waals surface area contributed by atoms with E-state index in [2.05, 4.69) is 0 Å². The minimum atomic E-state index is -2.33. The number of halogens is 1. The normalized spacial score (nSPS) is 23.9. The first-order valence-corrected chi connectivity index (χ1v) is 11.0. The lowest BCUT2D eigenvalue weighted by Gasteiger charge is -2.27. The topological polar surface area (TPSA) is 124 Å². The molecule has 0 unspecified atom stereocenters. The van der Waals surface area contributed by atoms with Gasteiger partial charge in [0.25, 0.3) is 5.69 Å². The molecule has 2 heterocycles. The Bertz CT molecular complexity index is 1480. The number of imide groups is 1. The number of nitro groups is 1. The lowest BCUT2D eigenvalue weighted by molar-refractivity contribution is -0.384. The molecule has 1 aliphatic carbocycles. The number of benzene rings is 3. The molecule has 36 heavy (non-hydrogen) atoms. The lowest BCUT2D eigenvalue weighted by Crippen LogP contribution is -2.51. The van der Waals surface area contributed by atoms with Gasteiger partial charge in [-0.05, 0) is 18.2 Å². The van der Waals surface area contributed by atoms with E-state index in [0.717, 1.165) is 23.1 Å². The minimum Gasteiger partial charge on any atom is -0.349 e. The molecule has 6 rings (SSSR count). The summed E-state index contributed by atoms with van der Waals surface area (Å²) in [5.41, 5.74) is -2.49. The maximum Gasteiger partial charge on any atom is 0.269 e. The van der Waals surface area contributed by atoms with Crippen molar-refractivity contribution in [1.82, 2.24) is 0 Å². The molecule has 10 heteroatoms. The number of rotatable bonds is 3. The Morgan fingerprint density at radius 3 is 2.00 bits per heavy atom. The Morgan fingerprint density at radius 1 is 0.833 bits per heavy atom. The standard InChI is InChI=1S/C26H15FN2O7/c27-18-8-4-3-7-17(18)21-19-20(26(36-21)22(30)15-5-1-2-6-16(15)23(26)31)25(33)28(24(19)32)13-9-11-14(12-10-13)29(34)35/h1-12,19-21H/t19-,20-,21+/m1/s1. The van der Waals surface area contributed by atoms with E-state index in [1.54, 1.807) is 12.1 Å². The van der Waals surface area contributed by atoms with E-state index in [9.17, 15) is 33.7 Å². The van der Waals surface area contributed by atoms with E-state index in [-0.39, 0.29) is 28.1 Å². The number of nitrogens with zero attached hydrogens (tertiary/aromatic N) is 2. The van der Waals surface area contributed by atoms with Gasteiger partial charge in [-0.15, -0.1) is 0 Å². The van der Waals surface area contributed by atoms with E-state index in [4.69, 9.17) is 4.74 Å². The van der Waals surface area contributed by atoms with Crippen molar-refractivity contribution < 1.29 is 33.2 Å². The summed E-state index contributed by atoms with van der Waals surface area (Å²) in [5, 5.41) is 11.0. The van der Waals surface area contributed by atoms with Gasteiger partial charge in [0.2, 0.25) is 29.0 Å². The van der Waals surface area contributed by atoms with Gasteiger partial charge in [0.1, 0.15) is 5.82 Å². The molecule has 3 aliphatic rings. The molecule has 0 radical (unpaired) electrons. The van der Waals surface area contributed by atoms with Crippen molar-refractivity contribution in [3.8, 4) is 0 Å². The zero-order valence-corrected chi connectivity index (χ0v) is 18.3. The summed E-state index contributed by atoms with van der Waals surface area (Å²) in [7, 11) is 0. The van der Waals surface area contributed by atoms with E-state index < -0.39 is 57.7 Å². The number of carbonyl (C=O) groups excluding carboxylic acids is 4. The summed E-state index contributed by atoms with van der Waals surface area (Å²) in [4.78, 5) is 66.0. The molecule has 1 spiro atoms. The van der Waals surface area contributed by atoms with Crippen molar-refractivity contribution in [3.63, 3.8) is 0 Å². The zero-order chi connectivity index (χ0) is 25.4. The average Bonchev–Trinajstić information content (AvgIpc) is 3.44. The van der Waals surface area contributed by atoms with Gasteiger partial charge < -0.3 is 4.74 Å². The number of carbonyl (C=O) groups is 4. The minimum absolute atomic E-state index is 0.0304. The molecule has 3 atom stereocenters. The largest absolute Gasteiger partial charge is 0.349 e. The SMILES string of the molecule is O=C1[C@H]2[C@H](c3ccccc3F)OC3(C(=O)c4ccccc4C3=O)[C@H]2C(=O)N1c1ccc([N+](=O)[O-])cc1. The number of amides is 2. The van der Waals surface area contributed by atoms with Crippen molar-refractivity contribution in [2.75, 3.05) is 4.90 Å². The summed E-state index contributed by atoms with van der Waals surface area (Å²) in [5.74, 6) is -6.81. The number of non-ortho nitro benzene ring substituents is 1. The molecule has 2 saturated heterocycles. The predicted molar refractivity (Wildman–Crippen MR) is 121 cm³/mol. The Kier molecular flexibility index (Phi) is 4.55. The predicted octanol–water partition coefficient (Wildman–Crippen LogP) is 3.43. The average molecular weight is 486 g/mol. The highest BCUT2D eigenvalue weighted by Crippen LogP contribution is 2.58. The summed E-state index contributed by atoms with van der Waals surface area (Å²) in [6.45, 7) is 0. The third-order valence-corrected chi connectivity index (χ3v) is 7.05. The number of anilines is 1. The fourth-order valence-corrected chi connectivity index (χ4v) is 5.48. The molecule has 178 valence electrons. The number of ketones is 2. The molecule has 9 nitrogen and oxygen atoms in total. The van der Waals surface area contributed by atoms with Gasteiger partial charge in [0, 0.05) is 28.8 Å².